The zero-order valence-electron chi connectivity index (χ0n) is 13.0. The minimum absolute atomic E-state index is 0.0495. The topological polar surface area (TPSA) is 71.8 Å². The summed E-state index contributed by atoms with van der Waals surface area (Å²) in [6.07, 6.45) is 7.57. The van der Waals surface area contributed by atoms with Gasteiger partial charge in [-0.25, -0.2) is 4.98 Å². The van der Waals surface area contributed by atoms with Crippen molar-refractivity contribution in [1.29, 1.82) is 0 Å². The van der Waals surface area contributed by atoms with Crippen LogP contribution in [0.15, 0.2) is 10.9 Å². The van der Waals surface area contributed by atoms with Gasteiger partial charge in [0.2, 0.25) is 0 Å². The van der Waals surface area contributed by atoms with E-state index < -0.39 is 0 Å². The van der Waals surface area contributed by atoms with Crippen LogP contribution in [0, 0.1) is 16.7 Å². The molecule has 4 aliphatic rings. The number of hydrogen-bond acceptors (Lipinski definition) is 3. The average Bonchev–Trinajstić information content (AvgIpc) is 2.33. The van der Waals surface area contributed by atoms with Crippen LogP contribution in [-0.2, 0) is 12.0 Å². The van der Waals surface area contributed by atoms with Gasteiger partial charge in [0.15, 0.2) is 0 Å². The van der Waals surface area contributed by atoms with Crippen LogP contribution in [0.25, 0.3) is 0 Å². The van der Waals surface area contributed by atoms with E-state index in [-0.39, 0.29) is 11.0 Å². The van der Waals surface area contributed by atoms with E-state index in [1.54, 1.807) is 0 Å². The third-order valence-electron chi connectivity index (χ3n) is 6.13. The molecule has 0 aliphatic heterocycles. The van der Waals surface area contributed by atoms with Gasteiger partial charge in [-0.2, -0.15) is 0 Å². The number of rotatable bonds is 2. The molecule has 3 N–H and O–H groups in total. The van der Waals surface area contributed by atoms with Gasteiger partial charge in [-0.05, 0) is 55.3 Å². The van der Waals surface area contributed by atoms with Crippen molar-refractivity contribution in [2.75, 3.05) is 0 Å². The summed E-state index contributed by atoms with van der Waals surface area (Å²) in [6.45, 7) is 5.22. The maximum atomic E-state index is 12.0. The molecule has 4 bridgehead atoms. The summed E-state index contributed by atoms with van der Waals surface area (Å²) in [5, 5.41) is 0. The molecule has 5 rings (SSSR count). The lowest BCUT2D eigenvalue weighted by atomic mass is 9.40. The molecule has 1 heterocycles. The summed E-state index contributed by atoms with van der Waals surface area (Å²) in [4.78, 5) is 19.7. The number of nitrogens with two attached hydrogens (primary N) is 1. The molecule has 114 valence electrons. The van der Waals surface area contributed by atoms with Crippen LogP contribution in [0.3, 0.4) is 0 Å². The fourth-order valence-corrected chi connectivity index (χ4v) is 6.58. The fourth-order valence-electron chi connectivity index (χ4n) is 6.58. The van der Waals surface area contributed by atoms with Gasteiger partial charge in [0.05, 0.1) is 5.69 Å². The van der Waals surface area contributed by atoms with E-state index in [4.69, 9.17) is 10.7 Å². The summed E-state index contributed by atoms with van der Waals surface area (Å²) in [5.41, 5.74) is 7.31. The number of nitrogens with zero attached hydrogens (tertiary/aromatic N) is 1. The molecule has 4 nitrogen and oxygen atoms in total. The average molecular weight is 287 g/mol. The van der Waals surface area contributed by atoms with E-state index in [1.807, 2.05) is 0 Å². The first-order valence-electron chi connectivity index (χ1n) is 8.15. The lowest BCUT2D eigenvalue weighted by Crippen LogP contribution is -2.57. The number of nitrogens with one attached hydrogen (secondary N) is 1. The Kier molecular flexibility index (Phi) is 2.56. The Morgan fingerprint density at radius 2 is 1.90 bits per heavy atom. The molecule has 4 saturated carbocycles. The second-order valence-electron chi connectivity index (χ2n) is 8.70. The minimum Gasteiger partial charge on any atom is -0.325 e. The standard InChI is InChI=1S/C17H25N3O/c1-15-4-11-5-16(2,8-15)10-17(6-11,9-15)14-19-12(7-18)3-13(21)20-14/h3,11H,4-10,18H2,1-2H3,(H,19,20,21). The Morgan fingerprint density at radius 1 is 1.24 bits per heavy atom. The zero-order valence-corrected chi connectivity index (χ0v) is 13.0. The molecule has 2 unspecified atom stereocenters. The zero-order chi connectivity index (χ0) is 14.9. The molecule has 0 amide bonds. The summed E-state index contributed by atoms with van der Waals surface area (Å²) in [6, 6.07) is 1.54. The Morgan fingerprint density at radius 3 is 2.48 bits per heavy atom. The van der Waals surface area contributed by atoms with Gasteiger partial charge in [-0.15, -0.1) is 0 Å². The summed E-state index contributed by atoms with van der Waals surface area (Å²) in [7, 11) is 0. The lowest BCUT2D eigenvalue weighted by molar-refractivity contribution is -0.112. The number of aromatic amines is 1. The van der Waals surface area contributed by atoms with Gasteiger partial charge in [0.25, 0.3) is 5.56 Å². The van der Waals surface area contributed by atoms with Crippen LogP contribution < -0.4 is 11.3 Å². The third kappa shape index (κ3) is 1.99. The molecule has 0 saturated heterocycles. The van der Waals surface area contributed by atoms with Crippen molar-refractivity contribution < 1.29 is 0 Å². The Hall–Kier alpha value is -1.16. The molecule has 0 aromatic carbocycles. The molecule has 21 heavy (non-hydrogen) atoms. The minimum atomic E-state index is -0.0495. The monoisotopic (exact) mass is 287 g/mol. The molecule has 4 aliphatic carbocycles. The van der Waals surface area contributed by atoms with Crippen LogP contribution in [0.4, 0.5) is 0 Å². The van der Waals surface area contributed by atoms with Crippen LogP contribution in [0.1, 0.15) is 63.9 Å². The Bertz CT molecular complexity index is 632. The molecule has 4 heteroatoms. The van der Waals surface area contributed by atoms with E-state index in [1.165, 1.54) is 44.6 Å². The molecule has 1 aromatic rings. The number of hydrogen-bond donors (Lipinski definition) is 2. The van der Waals surface area contributed by atoms with E-state index in [0.717, 1.165) is 17.4 Å². The molecule has 1 aromatic heterocycles. The molecular formula is C17H25N3O. The summed E-state index contributed by atoms with van der Waals surface area (Å²) in [5.74, 6) is 1.71. The lowest BCUT2D eigenvalue weighted by Gasteiger charge is -2.65. The van der Waals surface area contributed by atoms with Crippen molar-refractivity contribution >= 4 is 0 Å². The second-order valence-corrected chi connectivity index (χ2v) is 8.70. The maximum absolute atomic E-state index is 12.0. The highest BCUT2D eigenvalue weighted by Crippen LogP contribution is 2.69. The van der Waals surface area contributed by atoms with Crippen molar-refractivity contribution in [2.24, 2.45) is 22.5 Å². The Balaban J connectivity index is 1.84. The highest BCUT2D eigenvalue weighted by atomic mass is 16.1. The first-order valence-corrected chi connectivity index (χ1v) is 8.15. The van der Waals surface area contributed by atoms with E-state index in [0.29, 0.717) is 17.4 Å². The predicted molar refractivity (Wildman–Crippen MR) is 81.8 cm³/mol. The smallest absolute Gasteiger partial charge is 0.251 e. The summed E-state index contributed by atoms with van der Waals surface area (Å²) < 4.78 is 0. The quantitative estimate of drug-likeness (QED) is 0.877. The third-order valence-corrected chi connectivity index (χ3v) is 6.13. The first-order chi connectivity index (χ1) is 9.84. The fraction of sp³-hybridized carbons (Fsp3) is 0.765. The van der Waals surface area contributed by atoms with E-state index >= 15 is 0 Å². The molecular weight excluding hydrogens is 262 g/mol. The van der Waals surface area contributed by atoms with Crippen molar-refractivity contribution in [3.63, 3.8) is 0 Å². The number of H-pyrrole nitrogens is 1. The molecule has 0 radical (unpaired) electrons. The predicted octanol–water partition coefficient (Wildman–Crippen LogP) is 2.48. The molecule has 4 fully saturated rings. The maximum Gasteiger partial charge on any atom is 0.251 e. The SMILES string of the molecule is CC12CC3CC(C)(C1)CC(c1nc(CN)cc(=O)[nH]1)(C3)C2. The van der Waals surface area contributed by atoms with E-state index in [2.05, 4.69) is 18.8 Å². The van der Waals surface area contributed by atoms with E-state index in [9.17, 15) is 4.79 Å². The van der Waals surface area contributed by atoms with Gasteiger partial charge in [-0.3, -0.25) is 4.79 Å². The van der Waals surface area contributed by atoms with Crippen LogP contribution >= 0.6 is 0 Å². The van der Waals surface area contributed by atoms with Crippen molar-refractivity contribution in [3.8, 4) is 0 Å². The molecule has 0 spiro atoms. The van der Waals surface area contributed by atoms with Crippen molar-refractivity contribution in [1.82, 2.24) is 9.97 Å². The normalized spacial score (nSPS) is 44.2. The van der Waals surface area contributed by atoms with Gasteiger partial charge < -0.3 is 10.7 Å². The van der Waals surface area contributed by atoms with Crippen LogP contribution in [-0.4, -0.2) is 9.97 Å². The highest BCUT2D eigenvalue weighted by molar-refractivity contribution is 5.22. The van der Waals surface area contributed by atoms with Crippen molar-refractivity contribution in [2.45, 2.75) is 64.3 Å². The van der Waals surface area contributed by atoms with Crippen molar-refractivity contribution in [3.05, 3.63) is 27.9 Å². The number of aromatic nitrogens is 2. The highest BCUT2D eigenvalue weighted by Gasteiger charge is 2.61. The second kappa shape index (κ2) is 3.97. The van der Waals surface area contributed by atoms with Gasteiger partial charge in [0, 0.05) is 18.0 Å². The van der Waals surface area contributed by atoms with Gasteiger partial charge in [0.1, 0.15) is 5.82 Å². The largest absolute Gasteiger partial charge is 0.325 e. The summed E-state index contributed by atoms with van der Waals surface area (Å²) >= 11 is 0. The van der Waals surface area contributed by atoms with Gasteiger partial charge >= 0.3 is 0 Å². The first kappa shape index (κ1) is 13.5. The molecule has 2 atom stereocenters. The van der Waals surface area contributed by atoms with Gasteiger partial charge in [-0.1, -0.05) is 13.8 Å². The van der Waals surface area contributed by atoms with Crippen LogP contribution in [0.2, 0.25) is 0 Å². The Labute approximate surface area is 125 Å². The van der Waals surface area contributed by atoms with Crippen LogP contribution in [0.5, 0.6) is 0 Å².